The third kappa shape index (κ3) is 1.93. The highest BCUT2D eigenvalue weighted by molar-refractivity contribution is 6.33. The van der Waals surface area contributed by atoms with Crippen LogP contribution in [0.5, 0.6) is 0 Å². The van der Waals surface area contributed by atoms with E-state index < -0.39 is 37.3 Å². The van der Waals surface area contributed by atoms with Crippen molar-refractivity contribution < 1.29 is 24.4 Å². The van der Waals surface area contributed by atoms with Crippen LogP contribution in [0.3, 0.4) is 0 Å². The molecule has 0 radical (unpaired) electrons. The van der Waals surface area contributed by atoms with Gasteiger partial charge in [0.05, 0.1) is 12.9 Å². The topological polar surface area (TPSA) is 114 Å². The Morgan fingerprint density at radius 2 is 2.14 bits per heavy atom. The van der Waals surface area contributed by atoms with E-state index in [-0.39, 0.29) is 16.3 Å². The lowest BCUT2D eigenvalue weighted by molar-refractivity contribution is -0.156. The molecule has 0 saturated carbocycles. The second kappa shape index (κ2) is 5.11. The smallest absolute Gasteiger partial charge is 0.205 e. The molecular weight excluding hydrogens is 307 g/mol. The highest BCUT2D eigenvalue weighted by atomic mass is 35.5. The molecule has 4 atom stereocenters. The third-order valence-electron chi connectivity index (χ3n) is 3.59. The van der Waals surface area contributed by atoms with Gasteiger partial charge in [-0.15, -0.1) is 0 Å². The summed E-state index contributed by atoms with van der Waals surface area (Å²) in [4.78, 5) is 11.7. The first-order valence-corrected chi connectivity index (χ1v) is 6.47. The summed E-state index contributed by atoms with van der Waals surface area (Å²) in [5.74, 6) is 0. The standard InChI is InChI=1S/C11H12ClFN4O4/c12-9-6-10(15-3-14-9)17(4-16-6)11(2-13)8(20)7(19)5(1-18)21-11/h3-5,7-8,18-20H,1-2H2/t5-,7-,8-,11+/m1/s1. The number of aliphatic hydroxyl groups excluding tert-OH is 3. The maximum absolute atomic E-state index is 13.7. The van der Waals surface area contributed by atoms with E-state index in [0.717, 1.165) is 10.9 Å². The SMILES string of the molecule is OC[C@H]1O[C@](CF)(n2cnc3c(Cl)ncnc32)[C@H](O)[C@@H]1O. The summed E-state index contributed by atoms with van der Waals surface area (Å²) in [6, 6.07) is 0. The van der Waals surface area contributed by atoms with Gasteiger partial charge in [-0.05, 0) is 0 Å². The number of nitrogens with zero attached hydrogens (tertiary/aromatic N) is 4. The van der Waals surface area contributed by atoms with Crippen LogP contribution in [0.1, 0.15) is 0 Å². The molecule has 0 unspecified atom stereocenters. The van der Waals surface area contributed by atoms with Crippen molar-refractivity contribution in [1.82, 2.24) is 19.5 Å². The van der Waals surface area contributed by atoms with Crippen LogP contribution in [-0.4, -0.2) is 66.4 Å². The van der Waals surface area contributed by atoms with Crippen molar-refractivity contribution in [3.63, 3.8) is 0 Å². The van der Waals surface area contributed by atoms with E-state index in [9.17, 15) is 14.6 Å². The normalized spacial score (nSPS) is 32.9. The first-order chi connectivity index (χ1) is 10.0. The largest absolute Gasteiger partial charge is 0.394 e. The minimum atomic E-state index is -1.93. The fourth-order valence-corrected chi connectivity index (χ4v) is 2.65. The molecule has 2 aromatic rings. The average molecular weight is 319 g/mol. The number of alkyl halides is 1. The maximum Gasteiger partial charge on any atom is 0.205 e. The Balaban J connectivity index is 2.17. The number of hydrogen-bond acceptors (Lipinski definition) is 7. The molecule has 1 fully saturated rings. The van der Waals surface area contributed by atoms with Crippen LogP contribution in [0.25, 0.3) is 11.2 Å². The molecule has 1 aliphatic rings. The average Bonchev–Trinajstić information content (AvgIpc) is 3.03. The molecule has 114 valence electrons. The quantitative estimate of drug-likeness (QED) is 0.636. The van der Waals surface area contributed by atoms with Gasteiger partial charge in [0.15, 0.2) is 10.8 Å². The Bertz CT molecular complexity index is 671. The van der Waals surface area contributed by atoms with Crippen LogP contribution in [0.4, 0.5) is 4.39 Å². The number of hydrogen-bond donors (Lipinski definition) is 3. The summed E-state index contributed by atoms with van der Waals surface area (Å²) in [6.07, 6.45) is -1.81. The zero-order valence-electron chi connectivity index (χ0n) is 10.6. The van der Waals surface area contributed by atoms with Crippen LogP contribution >= 0.6 is 11.6 Å². The second-order valence-electron chi connectivity index (χ2n) is 4.70. The molecule has 1 saturated heterocycles. The molecule has 0 bridgehead atoms. The number of rotatable bonds is 3. The van der Waals surface area contributed by atoms with Crippen molar-refractivity contribution in [3.05, 3.63) is 17.8 Å². The van der Waals surface area contributed by atoms with Crippen LogP contribution in [0.2, 0.25) is 5.15 Å². The summed E-state index contributed by atoms with van der Waals surface area (Å²) >= 11 is 5.87. The molecule has 8 nitrogen and oxygen atoms in total. The molecule has 0 spiro atoms. The van der Waals surface area contributed by atoms with E-state index in [2.05, 4.69) is 15.0 Å². The highest BCUT2D eigenvalue weighted by Crippen LogP contribution is 2.38. The third-order valence-corrected chi connectivity index (χ3v) is 3.87. The van der Waals surface area contributed by atoms with Gasteiger partial charge in [0.1, 0.15) is 36.8 Å². The van der Waals surface area contributed by atoms with E-state index in [1.807, 2.05) is 0 Å². The summed E-state index contributed by atoms with van der Waals surface area (Å²) in [6.45, 7) is -1.73. The van der Waals surface area contributed by atoms with Crippen molar-refractivity contribution in [2.45, 2.75) is 24.0 Å². The van der Waals surface area contributed by atoms with E-state index in [4.69, 9.17) is 21.4 Å². The molecule has 3 heterocycles. The Kier molecular flexibility index (Phi) is 3.54. The molecule has 0 amide bonds. The molecule has 1 aliphatic heterocycles. The van der Waals surface area contributed by atoms with E-state index in [0.29, 0.717) is 0 Å². The number of fused-ring (bicyclic) bond motifs is 1. The van der Waals surface area contributed by atoms with Crippen molar-refractivity contribution in [3.8, 4) is 0 Å². The Morgan fingerprint density at radius 3 is 2.76 bits per heavy atom. The van der Waals surface area contributed by atoms with Crippen LogP contribution < -0.4 is 0 Å². The molecule has 3 rings (SSSR count). The summed E-state index contributed by atoms with van der Waals surface area (Å²) < 4.78 is 20.2. The number of ether oxygens (including phenoxy) is 1. The Hall–Kier alpha value is -1.39. The number of aliphatic hydroxyl groups is 3. The van der Waals surface area contributed by atoms with E-state index in [1.165, 1.54) is 6.33 Å². The molecule has 10 heteroatoms. The molecule has 0 aliphatic carbocycles. The predicted molar refractivity (Wildman–Crippen MR) is 68.3 cm³/mol. The summed E-state index contributed by atoms with van der Waals surface area (Å²) in [7, 11) is 0. The van der Waals surface area contributed by atoms with Crippen LogP contribution in [-0.2, 0) is 10.5 Å². The number of imidazole rings is 1. The molecule has 2 aromatic heterocycles. The molecule has 0 aromatic carbocycles. The van der Waals surface area contributed by atoms with Gasteiger partial charge in [0.25, 0.3) is 0 Å². The Labute approximate surface area is 122 Å². The highest BCUT2D eigenvalue weighted by Gasteiger charge is 2.56. The maximum atomic E-state index is 13.7. The number of aromatic nitrogens is 4. The lowest BCUT2D eigenvalue weighted by Crippen LogP contribution is -2.47. The fraction of sp³-hybridized carbons (Fsp3) is 0.545. The monoisotopic (exact) mass is 318 g/mol. The van der Waals surface area contributed by atoms with E-state index in [1.54, 1.807) is 0 Å². The fourth-order valence-electron chi connectivity index (χ4n) is 2.47. The minimum absolute atomic E-state index is 0.0690. The van der Waals surface area contributed by atoms with Gasteiger partial charge in [0, 0.05) is 0 Å². The van der Waals surface area contributed by atoms with Gasteiger partial charge < -0.3 is 20.1 Å². The van der Waals surface area contributed by atoms with Gasteiger partial charge in [-0.3, -0.25) is 4.57 Å². The molecular formula is C11H12ClFN4O4. The van der Waals surface area contributed by atoms with Gasteiger partial charge >= 0.3 is 0 Å². The second-order valence-corrected chi connectivity index (χ2v) is 5.06. The van der Waals surface area contributed by atoms with Gasteiger partial charge in [-0.25, -0.2) is 19.3 Å². The predicted octanol–water partition coefficient (Wildman–Crippen LogP) is -0.785. The van der Waals surface area contributed by atoms with Crippen molar-refractivity contribution >= 4 is 22.8 Å². The molecule has 21 heavy (non-hydrogen) atoms. The summed E-state index contributed by atoms with van der Waals surface area (Å²) in [5.41, 5.74) is -1.57. The molecule has 3 N–H and O–H groups in total. The first kappa shape index (κ1) is 14.5. The van der Waals surface area contributed by atoms with E-state index >= 15 is 0 Å². The minimum Gasteiger partial charge on any atom is -0.394 e. The van der Waals surface area contributed by atoms with Crippen molar-refractivity contribution in [1.29, 1.82) is 0 Å². The Morgan fingerprint density at radius 1 is 1.38 bits per heavy atom. The van der Waals surface area contributed by atoms with Crippen molar-refractivity contribution in [2.24, 2.45) is 0 Å². The zero-order valence-corrected chi connectivity index (χ0v) is 11.4. The van der Waals surface area contributed by atoms with Crippen LogP contribution in [0, 0.1) is 0 Å². The van der Waals surface area contributed by atoms with Crippen LogP contribution in [0.15, 0.2) is 12.7 Å². The lowest BCUT2D eigenvalue weighted by Gasteiger charge is -2.30. The lowest BCUT2D eigenvalue weighted by atomic mass is 10.0. The number of halogens is 2. The summed E-state index contributed by atoms with van der Waals surface area (Å²) in [5, 5.41) is 29.2. The van der Waals surface area contributed by atoms with Gasteiger partial charge in [-0.1, -0.05) is 11.6 Å². The van der Waals surface area contributed by atoms with Crippen molar-refractivity contribution in [2.75, 3.05) is 13.3 Å². The van der Waals surface area contributed by atoms with Gasteiger partial charge in [-0.2, -0.15) is 0 Å². The zero-order chi connectivity index (χ0) is 15.2. The first-order valence-electron chi connectivity index (χ1n) is 6.10. The van der Waals surface area contributed by atoms with Gasteiger partial charge in [0.2, 0.25) is 5.72 Å².